The van der Waals surface area contributed by atoms with E-state index in [1.54, 1.807) is 10.8 Å². The van der Waals surface area contributed by atoms with Crippen molar-refractivity contribution in [2.24, 2.45) is 0 Å². The average Bonchev–Trinajstić information content (AvgIpc) is 2.86. The van der Waals surface area contributed by atoms with Gasteiger partial charge in [0, 0.05) is 24.5 Å². The van der Waals surface area contributed by atoms with Gasteiger partial charge in [-0.2, -0.15) is 0 Å². The molecule has 0 saturated carbocycles. The van der Waals surface area contributed by atoms with Crippen molar-refractivity contribution in [2.45, 2.75) is 38.8 Å². The standard InChI is InChI=1S/C18H21N3O3/c1-24-15-11-16(22)21-10-6-2-3-8-14(21)17(15)18(23)20-12-13-7-4-5-9-19-13/h4-5,7,9,11H,2-3,6,8,10,12H2,1H3,(H,20,23). The number of fused-ring (bicyclic) bond motifs is 1. The number of carbonyl (C=O) groups is 1. The molecule has 0 fully saturated rings. The number of rotatable bonds is 4. The molecule has 1 aliphatic heterocycles. The van der Waals surface area contributed by atoms with E-state index in [0.717, 1.165) is 30.7 Å². The molecule has 0 unspecified atom stereocenters. The Hall–Kier alpha value is -2.63. The summed E-state index contributed by atoms with van der Waals surface area (Å²) in [5.74, 6) is 0.106. The van der Waals surface area contributed by atoms with Gasteiger partial charge in [-0.15, -0.1) is 0 Å². The van der Waals surface area contributed by atoms with Crippen LogP contribution in [0.25, 0.3) is 0 Å². The third-order valence-corrected chi connectivity index (χ3v) is 4.28. The minimum atomic E-state index is -0.233. The van der Waals surface area contributed by atoms with Crippen LogP contribution in [0.4, 0.5) is 0 Å². The molecule has 3 heterocycles. The fourth-order valence-corrected chi connectivity index (χ4v) is 3.08. The highest BCUT2D eigenvalue weighted by Gasteiger charge is 2.23. The lowest BCUT2D eigenvalue weighted by Gasteiger charge is -2.17. The molecule has 0 radical (unpaired) electrons. The molecule has 6 heteroatoms. The predicted octanol–water partition coefficient (Wildman–Crippen LogP) is 1.91. The number of hydrogen-bond donors (Lipinski definition) is 1. The Morgan fingerprint density at radius 2 is 2.21 bits per heavy atom. The maximum Gasteiger partial charge on any atom is 0.257 e. The van der Waals surface area contributed by atoms with E-state index < -0.39 is 0 Å². The molecule has 0 bridgehead atoms. The van der Waals surface area contributed by atoms with E-state index in [1.807, 2.05) is 18.2 Å². The van der Waals surface area contributed by atoms with Crippen molar-refractivity contribution < 1.29 is 9.53 Å². The molecule has 0 saturated heterocycles. The summed E-state index contributed by atoms with van der Waals surface area (Å²) in [7, 11) is 1.48. The van der Waals surface area contributed by atoms with Crippen molar-refractivity contribution in [1.82, 2.24) is 14.9 Å². The van der Waals surface area contributed by atoms with E-state index in [1.165, 1.54) is 13.2 Å². The molecule has 2 aromatic heterocycles. The van der Waals surface area contributed by atoms with Crippen LogP contribution in [0.1, 0.15) is 41.0 Å². The summed E-state index contributed by atoms with van der Waals surface area (Å²) in [6.45, 7) is 0.986. The van der Waals surface area contributed by atoms with Crippen LogP contribution >= 0.6 is 0 Å². The number of amides is 1. The summed E-state index contributed by atoms with van der Waals surface area (Å²) in [6, 6.07) is 6.97. The van der Waals surface area contributed by atoms with Gasteiger partial charge in [0.15, 0.2) is 0 Å². The van der Waals surface area contributed by atoms with Gasteiger partial charge in [0.25, 0.3) is 11.5 Å². The zero-order valence-electron chi connectivity index (χ0n) is 13.7. The number of methoxy groups -OCH3 is 1. The number of aromatic nitrogens is 2. The normalized spacial score (nSPS) is 13.7. The largest absolute Gasteiger partial charge is 0.496 e. The minimum absolute atomic E-state index is 0.106. The molecule has 0 atom stereocenters. The first-order valence-corrected chi connectivity index (χ1v) is 8.19. The van der Waals surface area contributed by atoms with Crippen LogP contribution in [-0.4, -0.2) is 22.6 Å². The van der Waals surface area contributed by atoms with Gasteiger partial charge in [-0.25, -0.2) is 0 Å². The summed E-state index contributed by atoms with van der Waals surface area (Å²) < 4.78 is 7.03. The highest BCUT2D eigenvalue weighted by atomic mass is 16.5. The average molecular weight is 327 g/mol. The molecule has 1 amide bonds. The van der Waals surface area contributed by atoms with Gasteiger partial charge >= 0.3 is 0 Å². The van der Waals surface area contributed by atoms with Gasteiger partial charge in [-0.3, -0.25) is 14.6 Å². The fourth-order valence-electron chi connectivity index (χ4n) is 3.08. The van der Waals surface area contributed by atoms with Gasteiger partial charge in [-0.05, 0) is 31.4 Å². The molecule has 6 nitrogen and oxygen atoms in total. The van der Waals surface area contributed by atoms with Gasteiger partial charge < -0.3 is 14.6 Å². The highest BCUT2D eigenvalue weighted by molar-refractivity contribution is 5.98. The molecular weight excluding hydrogens is 306 g/mol. The monoisotopic (exact) mass is 327 g/mol. The van der Waals surface area contributed by atoms with Crippen molar-refractivity contribution >= 4 is 5.91 Å². The Kier molecular flexibility index (Phi) is 4.93. The highest BCUT2D eigenvalue weighted by Crippen LogP contribution is 2.24. The van der Waals surface area contributed by atoms with Crippen molar-refractivity contribution in [1.29, 1.82) is 0 Å². The zero-order valence-corrected chi connectivity index (χ0v) is 13.7. The Morgan fingerprint density at radius 3 is 2.96 bits per heavy atom. The molecule has 0 aromatic carbocycles. The van der Waals surface area contributed by atoms with E-state index in [4.69, 9.17) is 4.74 Å². The van der Waals surface area contributed by atoms with Crippen LogP contribution in [0, 0.1) is 0 Å². The molecule has 3 rings (SSSR count). The topological polar surface area (TPSA) is 73.2 Å². The first-order valence-electron chi connectivity index (χ1n) is 8.19. The third kappa shape index (κ3) is 3.32. The van der Waals surface area contributed by atoms with Gasteiger partial charge in [0.2, 0.25) is 0 Å². The van der Waals surface area contributed by atoms with E-state index in [0.29, 0.717) is 30.8 Å². The maximum atomic E-state index is 12.8. The lowest BCUT2D eigenvalue weighted by molar-refractivity contribution is 0.0945. The molecule has 0 spiro atoms. The van der Waals surface area contributed by atoms with Crippen LogP contribution in [0.2, 0.25) is 0 Å². The number of pyridine rings is 2. The lowest BCUT2D eigenvalue weighted by atomic mass is 10.1. The first-order chi connectivity index (χ1) is 11.7. The Morgan fingerprint density at radius 1 is 1.33 bits per heavy atom. The quantitative estimate of drug-likeness (QED) is 0.931. The van der Waals surface area contributed by atoms with Crippen molar-refractivity contribution in [3.05, 3.63) is 57.8 Å². The summed E-state index contributed by atoms with van der Waals surface area (Å²) in [5.41, 5.74) is 1.92. The molecule has 1 aliphatic rings. The van der Waals surface area contributed by atoms with Crippen LogP contribution in [0.3, 0.4) is 0 Å². The molecule has 2 aromatic rings. The smallest absolute Gasteiger partial charge is 0.257 e. The molecular formula is C18H21N3O3. The van der Waals surface area contributed by atoms with Gasteiger partial charge in [0.1, 0.15) is 11.3 Å². The zero-order chi connectivity index (χ0) is 16.9. The summed E-state index contributed by atoms with van der Waals surface area (Å²) in [6.07, 6.45) is 5.37. The van der Waals surface area contributed by atoms with Crippen molar-refractivity contribution in [3.63, 3.8) is 0 Å². The van der Waals surface area contributed by atoms with E-state index in [9.17, 15) is 9.59 Å². The van der Waals surface area contributed by atoms with Crippen LogP contribution in [0.15, 0.2) is 35.3 Å². The minimum Gasteiger partial charge on any atom is -0.496 e. The van der Waals surface area contributed by atoms with E-state index in [-0.39, 0.29) is 11.5 Å². The van der Waals surface area contributed by atoms with Gasteiger partial charge in [-0.1, -0.05) is 12.5 Å². The number of nitrogens with one attached hydrogen (secondary N) is 1. The Labute approximate surface area is 140 Å². The maximum absolute atomic E-state index is 12.8. The number of carbonyl (C=O) groups excluding carboxylic acids is 1. The van der Waals surface area contributed by atoms with E-state index in [2.05, 4.69) is 10.3 Å². The number of hydrogen-bond acceptors (Lipinski definition) is 4. The van der Waals surface area contributed by atoms with Crippen LogP contribution in [0.5, 0.6) is 5.75 Å². The Balaban J connectivity index is 1.93. The third-order valence-electron chi connectivity index (χ3n) is 4.28. The number of ether oxygens (including phenoxy) is 1. The summed E-state index contributed by atoms with van der Waals surface area (Å²) in [5, 5.41) is 2.88. The van der Waals surface area contributed by atoms with Crippen molar-refractivity contribution in [3.8, 4) is 5.75 Å². The number of nitrogens with zero attached hydrogens (tertiary/aromatic N) is 2. The molecule has 126 valence electrons. The second-order valence-corrected chi connectivity index (χ2v) is 5.84. The lowest BCUT2D eigenvalue weighted by Crippen LogP contribution is -2.30. The molecule has 24 heavy (non-hydrogen) atoms. The van der Waals surface area contributed by atoms with Gasteiger partial charge in [0.05, 0.1) is 19.3 Å². The molecule has 0 aliphatic carbocycles. The summed E-state index contributed by atoms with van der Waals surface area (Å²) in [4.78, 5) is 29.3. The fraction of sp³-hybridized carbons (Fsp3) is 0.389. The van der Waals surface area contributed by atoms with Crippen molar-refractivity contribution in [2.75, 3.05) is 7.11 Å². The Bertz CT molecular complexity index is 784. The van der Waals surface area contributed by atoms with E-state index >= 15 is 0 Å². The second kappa shape index (κ2) is 7.29. The second-order valence-electron chi connectivity index (χ2n) is 5.84. The first kappa shape index (κ1) is 16.2. The summed E-state index contributed by atoms with van der Waals surface area (Å²) >= 11 is 0. The van der Waals surface area contributed by atoms with Crippen LogP contribution in [-0.2, 0) is 19.5 Å². The SMILES string of the molecule is COc1cc(=O)n2c(c1C(=O)NCc1ccccn1)CCCCC2. The molecule has 1 N–H and O–H groups in total. The van der Waals surface area contributed by atoms with Crippen LogP contribution < -0.4 is 15.6 Å². The predicted molar refractivity (Wildman–Crippen MR) is 90.2 cm³/mol.